The molecule has 0 spiro atoms. The highest BCUT2D eigenvalue weighted by molar-refractivity contribution is 5.53. The molecule has 1 aromatic carbocycles. The number of hydrogen-bond donors (Lipinski definition) is 0. The van der Waals surface area contributed by atoms with Crippen LogP contribution < -0.4 is 0 Å². The first-order chi connectivity index (χ1) is 9.78. The molecule has 0 bridgehead atoms. The van der Waals surface area contributed by atoms with E-state index in [9.17, 15) is 4.39 Å². The van der Waals surface area contributed by atoms with Crippen LogP contribution in [0.3, 0.4) is 0 Å². The van der Waals surface area contributed by atoms with Gasteiger partial charge >= 0.3 is 0 Å². The van der Waals surface area contributed by atoms with Crippen LogP contribution in [0.4, 0.5) is 4.39 Å². The second-order valence-electron chi connectivity index (χ2n) is 5.16. The van der Waals surface area contributed by atoms with Gasteiger partial charge < -0.3 is 4.52 Å². The van der Waals surface area contributed by atoms with Gasteiger partial charge in [0, 0.05) is 5.56 Å². The fourth-order valence-corrected chi connectivity index (χ4v) is 2.75. The van der Waals surface area contributed by atoms with Crippen LogP contribution in [0.2, 0.25) is 0 Å². The number of halogens is 1. The Kier molecular flexibility index (Phi) is 3.78. The summed E-state index contributed by atoms with van der Waals surface area (Å²) in [6.07, 6.45) is 3.35. The van der Waals surface area contributed by atoms with E-state index in [2.05, 4.69) is 22.0 Å². The molecular formula is C15H18FN3O. The highest BCUT2D eigenvalue weighted by Gasteiger charge is 2.30. The summed E-state index contributed by atoms with van der Waals surface area (Å²) in [5, 5.41) is 4.02. The van der Waals surface area contributed by atoms with Crippen LogP contribution in [0.1, 0.15) is 38.1 Å². The third-order valence-electron chi connectivity index (χ3n) is 3.70. The predicted octanol–water partition coefficient (Wildman–Crippen LogP) is 3.42. The Morgan fingerprint density at radius 1 is 1.35 bits per heavy atom. The molecule has 0 aliphatic carbocycles. The average Bonchev–Trinajstić information content (AvgIpc) is 3.08. The zero-order valence-electron chi connectivity index (χ0n) is 11.6. The maximum atomic E-state index is 12.9. The molecule has 1 unspecified atom stereocenters. The SMILES string of the molecule is CCCN1CCCC1c1nc(-c2ccc(F)cc2)no1. The zero-order valence-corrected chi connectivity index (χ0v) is 11.6. The highest BCUT2D eigenvalue weighted by Crippen LogP contribution is 2.31. The normalized spacial score (nSPS) is 19.6. The molecule has 4 nitrogen and oxygen atoms in total. The Morgan fingerprint density at radius 3 is 2.90 bits per heavy atom. The van der Waals surface area contributed by atoms with E-state index in [1.54, 1.807) is 12.1 Å². The van der Waals surface area contributed by atoms with Crippen LogP contribution in [-0.2, 0) is 0 Å². The lowest BCUT2D eigenvalue weighted by molar-refractivity contribution is 0.208. The fraction of sp³-hybridized carbons (Fsp3) is 0.467. The second kappa shape index (κ2) is 5.71. The summed E-state index contributed by atoms with van der Waals surface area (Å²) in [7, 11) is 0. The van der Waals surface area contributed by atoms with Crippen molar-refractivity contribution in [2.24, 2.45) is 0 Å². The van der Waals surface area contributed by atoms with Gasteiger partial charge in [0.05, 0.1) is 6.04 Å². The Bertz CT molecular complexity index is 567. The molecule has 20 heavy (non-hydrogen) atoms. The van der Waals surface area contributed by atoms with Crippen molar-refractivity contribution in [1.29, 1.82) is 0 Å². The van der Waals surface area contributed by atoms with Gasteiger partial charge in [0.15, 0.2) is 0 Å². The van der Waals surface area contributed by atoms with Crippen molar-refractivity contribution in [3.8, 4) is 11.4 Å². The molecule has 0 amide bonds. The molecule has 1 aliphatic rings. The van der Waals surface area contributed by atoms with Crippen LogP contribution in [0.5, 0.6) is 0 Å². The smallest absolute Gasteiger partial charge is 0.244 e. The number of likely N-dealkylation sites (tertiary alicyclic amines) is 1. The number of aromatic nitrogens is 2. The van der Waals surface area contributed by atoms with Gasteiger partial charge in [-0.3, -0.25) is 4.90 Å². The minimum absolute atomic E-state index is 0.233. The summed E-state index contributed by atoms with van der Waals surface area (Å²) in [6, 6.07) is 6.39. The molecule has 1 aliphatic heterocycles. The Hall–Kier alpha value is -1.75. The predicted molar refractivity (Wildman–Crippen MR) is 73.5 cm³/mol. The van der Waals surface area contributed by atoms with Gasteiger partial charge in [-0.15, -0.1) is 0 Å². The van der Waals surface area contributed by atoms with Gasteiger partial charge in [-0.2, -0.15) is 4.98 Å². The largest absolute Gasteiger partial charge is 0.337 e. The molecule has 1 aromatic heterocycles. The van der Waals surface area contributed by atoms with Crippen molar-refractivity contribution < 1.29 is 8.91 Å². The third kappa shape index (κ3) is 2.58. The Morgan fingerprint density at radius 2 is 2.15 bits per heavy atom. The van der Waals surface area contributed by atoms with Crippen molar-refractivity contribution >= 4 is 0 Å². The average molecular weight is 275 g/mol. The van der Waals surface area contributed by atoms with E-state index >= 15 is 0 Å². The van der Waals surface area contributed by atoms with Crippen LogP contribution in [-0.4, -0.2) is 28.1 Å². The van der Waals surface area contributed by atoms with Gasteiger partial charge in [0.2, 0.25) is 11.7 Å². The lowest BCUT2D eigenvalue weighted by Crippen LogP contribution is -2.24. The molecule has 106 valence electrons. The summed E-state index contributed by atoms with van der Waals surface area (Å²) in [5.41, 5.74) is 0.779. The van der Waals surface area contributed by atoms with E-state index in [1.165, 1.54) is 18.6 Å². The number of benzene rings is 1. The van der Waals surface area contributed by atoms with Gasteiger partial charge in [0.1, 0.15) is 5.82 Å². The van der Waals surface area contributed by atoms with E-state index in [-0.39, 0.29) is 11.9 Å². The van der Waals surface area contributed by atoms with Gasteiger partial charge in [-0.05, 0) is 56.6 Å². The highest BCUT2D eigenvalue weighted by atomic mass is 19.1. The second-order valence-corrected chi connectivity index (χ2v) is 5.16. The summed E-state index contributed by atoms with van der Waals surface area (Å²) in [6.45, 7) is 4.32. The third-order valence-corrected chi connectivity index (χ3v) is 3.70. The first kappa shape index (κ1) is 13.2. The van der Waals surface area contributed by atoms with E-state index in [1.807, 2.05) is 0 Å². The quantitative estimate of drug-likeness (QED) is 0.857. The van der Waals surface area contributed by atoms with Crippen molar-refractivity contribution in [1.82, 2.24) is 15.0 Å². The van der Waals surface area contributed by atoms with Gasteiger partial charge in [-0.1, -0.05) is 12.1 Å². The van der Waals surface area contributed by atoms with Crippen molar-refractivity contribution in [2.75, 3.05) is 13.1 Å². The minimum Gasteiger partial charge on any atom is -0.337 e. The number of rotatable bonds is 4. The van der Waals surface area contributed by atoms with E-state index < -0.39 is 0 Å². The minimum atomic E-state index is -0.262. The van der Waals surface area contributed by atoms with Crippen LogP contribution in [0.15, 0.2) is 28.8 Å². The zero-order chi connectivity index (χ0) is 13.9. The van der Waals surface area contributed by atoms with E-state index in [0.29, 0.717) is 11.7 Å². The fourth-order valence-electron chi connectivity index (χ4n) is 2.75. The molecule has 5 heteroatoms. The number of hydrogen-bond acceptors (Lipinski definition) is 4. The molecule has 1 fully saturated rings. The molecule has 0 N–H and O–H groups in total. The van der Waals surface area contributed by atoms with Gasteiger partial charge in [-0.25, -0.2) is 4.39 Å². The van der Waals surface area contributed by atoms with Crippen molar-refractivity contribution in [3.63, 3.8) is 0 Å². The topological polar surface area (TPSA) is 42.2 Å². The van der Waals surface area contributed by atoms with E-state index in [4.69, 9.17) is 4.52 Å². The lowest BCUT2D eigenvalue weighted by atomic mass is 10.2. The molecule has 0 saturated carbocycles. The van der Waals surface area contributed by atoms with Crippen molar-refractivity contribution in [3.05, 3.63) is 36.0 Å². The van der Waals surface area contributed by atoms with Crippen LogP contribution in [0, 0.1) is 5.82 Å². The summed E-state index contributed by atoms with van der Waals surface area (Å²) < 4.78 is 18.3. The lowest BCUT2D eigenvalue weighted by Gasteiger charge is -2.20. The molecule has 2 heterocycles. The first-order valence-electron chi connectivity index (χ1n) is 7.11. The molecule has 2 aromatic rings. The summed E-state index contributed by atoms with van der Waals surface area (Å²) in [4.78, 5) is 6.87. The molecule has 3 rings (SSSR count). The Labute approximate surface area is 117 Å². The molecular weight excluding hydrogens is 257 g/mol. The first-order valence-corrected chi connectivity index (χ1v) is 7.11. The summed E-state index contributed by atoms with van der Waals surface area (Å²) >= 11 is 0. The van der Waals surface area contributed by atoms with Crippen LogP contribution in [0.25, 0.3) is 11.4 Å². The Balaban J connectivity index is 1.81. The monoisotopic (exact) mass is 275 g/mol. The standard InChI is InChI=1S/C15H18FN3O/c1-2-9-19-10-3-4-13(19)15-17-14(18-20-15)11-5-7-12(16)8-6-11/h5-8,13H,2-4,9-10H2,1H3. The maximum absolute atomic E-state index is 12.9. The van der Waals surface area contributed by atoms with Gasteiger partial charge in [0.25, 0.3) is 0 Å². The number of nitrogens with zero attached hydrogens (tertiary/aromatic N) is 3. The van der Waals surface area contributed by atoms with Crippen molar-refractivity contribution in [2.45, 2.75) is 32.2 Å². The maximum Gasteiger partial charge on any atom is 0.244 e. The van der Waals surface area contributed by atoms with E-state index in [0.717, 1.165) is 31.5 Å². The molecule has 1 saturated heterocycles. The molecule has 0 radical (unpaired) electrons. The van der Waals surface area contributed by atoms with Crippen LogP contribution >= 0.6 is 0 Å². The summed E-state index contributed by atoms with van der Waals surface area (Å²) in [5.74, 6) is 0.945. The molecule has 1 atom stereocenters.